The summed E-state index contributed by atoms with van der Waals surface area (Å²) in [5.41, 5.74) is 2.12. The highest BCUT2D eigenvalue weighted by molar-refractivity contribution is 7.87. The van der Waals surface area contributed by atoms with Crippen LogP contribution in [0.15, 0.2) is 47.8 Å². The molecule has 0 bridgehead atoms. The highest BCUT2D eigenvalue weighted by Crippen LogP contribution is 2.30. The van der Waals surface area contributed by atoms with E-state index in [4.69, 9.17) is 14.6 Å². The standard InChI is InChI=1S/C28H36N4O8S2/c1-19-24(39-3)13-21(14-25(19)40-4)28(36)32(12-8-11-20-9-6-5-7-10-20)16-26-29-23(18-41-26)27(35)30-42(37,38)31(2)15-22(34)17-33/h5-7,9-10,13-14,18,22,33-34H,8,11-12,15-17H2,1-4H3,(H,30,35). The number of aryl methyl sites for hydroxylation is 1. The minimum absolute atomic E-state index is 0.0828. The molecule has 228 valence electrons. The molecule has 0 saturated carbocycles. The van der Waals surface area contributed by atoms with E-state index >= 15 is 0 Å². The van der Waals surface area contributed by atoms with Gasteiger partial charge in [-0.1, -0.05) is 30.3 Å². The van der Waals surface area contributed by atoms with Gasteiger partial charge >= 0.3 is 10.2 Å². The van der Waals surface area contributed by atoms with E-state index in [1.165, 1.54) is 19.6 Å². The Morgan fingerprint density at radius 1 is 1.12 bits per heavy atom. The maximum atomic E-state index is 13.7. The summed E-state index contributed by atoms with van der Waals surface area (Å²) in [6, 6.07) is 13.2. The fourth-order valence-electron chi connectivity index (χ4n) is 4.11. The van der Waals surface area contributed by atoms with Crippen molar-refractivity contribution in [2.45, 2.75) is 32.4 Å². The van der Waals surface area contributed by atoms with Crippen molar-refractivity contribution in [3.05, 3.63) is 75.2 Å². The van der Waals surface area contributed by atoms with Crippen LogP contribution in [0, 0.1) is 6.92 Å². The summed E-state index contributed by atoms with van der Waals surface area (Å²) in [6.07, 6.45) is 0.109. The smallest absolute Gasteiger partial charge is 0.303 e. The Morgan fingerprint density at radius 3 is 2.36 bits per heavy atom. The highest BCUT2D eigenvalue weighted by atomic mass is 32.2. The van der Waals surface area contributed by atoms with Gasteiger partial charge in [0.05, 0.1) is 33.5 Å². The molecule has 14 heteroatoms. The van der Waals surface area contributed by atoms with Gasteiger partial charge in [0.25, 0.3) is 11.8 Å². The van der Waals surface area contributed by atoms with Crippen molar-refractivity contribution in [1.29, 1.82) is 0 Å². The summed E-state index contributed by atoms with van der Waals surface area (Å²) < 4.78 is 38.4. The summed E-state index contributed by atoms with van der Waals surface area (Å²) in [4.78, 5) is 32.3. The molecule has 3 rings (SSSR count). The molecule has 2 aromatic carbocycles. The van der Waals surface area contributed by atoms with Crippen LogP contribution in [0.1, 0.15) is 43.4 Å². The monoisotopic (exact) mass is 620 g/mol. The van der Waals surface area contributed by atoms with E-state index in [9.17, 15) is 23.1 Å². The Labute approximate surface area is 249 Å². The van der Waals surface area contributed by atoms with Crippen LogP contribution in [0.3, 0.4) is 0 Å². The molecule has 1 unspecified atom stereocenters. The van der Waals surface area contributed by atoms with Crippen LogP contribution in [-0.4, -0.2) is 91.7 Å². The third-order valence-corrected chi connectivity index (χ3v) is 8.69. The number of thiazole rings is 1. The Bertz CT molecular complexity index is 1440. The lowest BCUT2D eigenvalue weighted by atomic mass is 10.1. The fourth-order valence-corrected chi connectivity index (χ4v) is 5.77. The average molecular weight is 621 g/mol. The molecule has 0 radical (unpaired) electrons. The van der Waals surface area contributed by atoms with Crippen LogP contribution in [0.25, 0.3) is 0 Å². The number of carbonyl (C=O) groups is 2. The molecule has 0 saturated heterocycles. The zero-order chi connectivity index (χ0) is 30.9. The number of carbonyl (C=O) groups excluding carboxylic acids is 2. The van der Waals surface area contributed by atoms with Crippen molar-refractivity contribution < 1.29 is 37.7 Å². The Kier molecular flexibility index (Phi) is 11.8. The lowest BCUT2D eigenvalue weighted by molar-refractivity contribution is 0.0740. The third-order valence-electron chi connectivity index (χ3n) is 6.44. The number of likely N-dealkylation sites (N-methyl/N-ethyl adjacent to an activating group) is 1. The number of aromatic nitrogens is 1. The number of rotatable bonds is 15. The first kappa shape index (κ1) is 32.9. The third kappa shape index (κ3) is 8.72. The summed E-state index contributed by atoms with van der Waals surface area (Å²) in [5, 5.41) is 20.3. The highest BCUT2D eigenvalue weighted by Gasteiger charge is 2.26. The van der Waals surface area contributed by atoms with Crippen molar-refractivity contribution >= 4 is 33.4 Å². The molecule has 1 atom stereocenters. The zero-order valence-electron chi connectivity index (χ0n) is 23.9. The second kappa shape index (κ2) is 15.1. The lowest BCUT2D eigenvalue weighted by Gasteiger charge is -2.23. The maximum absolute atomic E-state index is 13.7. The molecule has 3 aromatic rings. The first-order chi connectivity index (χ1) is 20.0. The van der Waals surface area contributed by atoms with Crippen molar-refractivity contribution in [2.75, 3.05) is 41.0 Å². The van der Waals surface area contributed by atoms with Crippen LogP contribution in [0.2, 0.25) is 0 Å². The van der Waals surface area contributed by atoms with Gasteiger partial charge in [-0.2, -0.15) is 12.7 Å². The number of ether oxygens (including phenoxy) is 2. The number of methoxy groups -OCH3 is 2. The van der Waals surface area contributed by atoms with E-state index in [1.807, 2.05) is 42.0 Å². The SMILES string of the molecule is COc1cc(C(=O)N(CCCc2ccccc2)Cc2nc(C(=O)NS(=O)(=O)N(C)CC(O)CO)cs2)cc(OC)c1C. The van der Waals surface area contributed by atoms with Gasteiger partial charge in [0.2, 0.25) is 0 Å². The quantitative estimate of drug-likeness (QED) is 0.231. The topological polar surface area (TPSA) is 159 Å². The van der Waals surface area contributed by atoms with E-state index in [1.54, 1.807) is 17.0 Å². The summed E-state index contributed by atoms with van der Waals surface area (Å²) >= 11 is 1.12. The van der Waals surface area contributed by atoms with Gasteiger partial charge in [-0.15, -0.1) is 11.3 Å². The molecular weight excluding hydrogens is 584 g/mol. The second-order valence-electron chi connectivity index (χ2n) is 9.50. The molecular formula is C28H36N4O8S2. The zero-order valence-corrected chi connectivity index (χ0v) is 25.6. The molecule has 12 nitrogen and oxygen atoms in total. The number of benzene rings is 2. The molecule has 0 aliphatic heterocycles. The largest absolute Gasteiger partial charge is 0.496 e. The maximum Gasteiger partial charge on any atom is 0.303 e. The van der Waals surface area contributed by atoms with E-state index in [2.05, 4.69) is 4.98 Å². The fraction of sp³-hybridized carbons (Fsp3) is 0.393. The number of aliphatic hydroxyl groups is 2. The molecule has 3 N–H and O–H groups in total. The first-order valence-electron chi connectivity index (χ1n) is 13.1. The molecule has 2 amide bonds. The molecule has 0 aliphatic rings. The Balaban J connectivity index is 1.80. The predicted molar refractivity (Wildman–Crippen MR) is 158 cm³/mol. The van der Waals surface area contributed by atoms with Crippen molar-refractivity contribution in [3.63, 3.8) is 0 Å². The Morgan fingerprint density at radius 2 is 1.76 bits per heavy atom. The number of nitrogens with one attached hydrogen (secondary N) is 1. The van der Waals surface area contributed by atoms with Gasteiger partial charge in [0.1, 0.15) is 22.2 Å². The molecule has 42 heavy (non-hydrogen) atoms. The number of hydrogen-bond donors (Lipinski definition) is 3. The van der Waals surface area contributed by atoms with Crippen LogP contribution in [0.5, 0.6) is 11.5 Å². The normalized spacial score (nSPS) is 12.2. The van der Waals surface area contributed by atoms with Gasteiger partial charge in [-0.05, 0) is 37.5 Å². The number of amides is 2. The second-order valence-corrected chi connectivity index (χ2v) is 12.2. The van der Waals surface area contributed by atoms with Crippen LogP contribution >= 0.6 is 11.3 Å². The van der Waals surface area contributed by atoms with Gasteiger partial charge < -0.3 is 24.6 Å². The number of hydrogen-bond acceptors (Lipinski definition) is 10. The van der Waals surface area contributed by atoms with E-state index in [0.29, 0.717) is 35.0 Å². The molecule has 1 aromatic heterocycles. The lowest BCUT2D eigenvalue weighted by Crippen LogP contribution is -2.45. The summed E-state index contributed by atoms with van der Waals surface area (Å²) in [6.45, 7) is 1.26. The Hall–Kier alpha value is -3.56. The van der Waals surface area contributed by atoms with E-state index in [0.717, 1.165) is 40.2 Å². The van der Waals surface area contributed by atoms with Gasteiger partial charge in [0.15, 0.2) is 0 Å². The van der Waals surface area contributed by atoms with E-state index in [-0.39, 0.29) is 18.1 Å². The number of nitrogens with zero attached hydrogens (tertiary/aromatic N) is 3. The van der Waals surface area contributed by atoms with Gasteiger partial charge in [0, 0.05) is 36.6 Å². The number of aliphatic hydroxyl groups excluding tert-OH is 2. The minimum Gasteiger partial charge on any atom is -0.496 e. The van der Waals surface area contributed by atoms with Gasteiger partial charge in [-0.25, -0.2) is 9.71 Å². The molecule has 0 aliphatic carbocycles. The van der Waals surface area contributed by atoms with Crippen molar-refractivity contribution in [1.82, 2.24) is 18.9 Å². The molecule has 0 spiro atoms. The summed E-state index contributed by atoms with van der Waals surface area (Å²) in [7, 11) is -0.0977. The van der Waals surface area contributed by atoms with Crippen molar-refractivity contribution in [2.24, 2.45) is 0 Å². The van der Waals surface area contributed by atoms with Crippen LogP contribution < -0.4 is 14.2 Å². The molecule has 1 heterocycles. The first-order valence-corrected chi connectivity index (χ1v) is 15.4. The predicted octanol–water partition coefficient (Wildman–Crippen LogP) is 2.00. The van der Waals surface area contributed by atoms with Gasteiger partial charge in [-0.3, -0.25) is 9.59 Å². The van der Waals surface area contributed by atoms with E-state index < -0.39 is 35.4 Å². The minimum atomic E-state index is -4.29. The van der Waals surface area contributed by atoms with Crippen molar-refractivity contribution in [3.8, 4) is 11.5 Å². The average Bonchev–Trinajstić information content (AvgIpc) is 3.45. The van der Waals surface area contributed by atoms with Crippen LogP contribution in [0.4, 0.5) is 0 Å². The summed E-state index contributed by atoms with van der Waals surface area (Å²) in [5.74, 6) is -0.231. The molecule has 0 fully saturated rings. The van der Waals surface area contributed by atoms with Crippen LogP contribution in [-0.2, 0) is 23.2 Å².